The minimum Gasteiger partial charge on any atom is -0.444 e. The highest BCUT2D eigenvalue weighted by Crippen LogP contribution is 2.06. The Morgan fingerprint density at radius 3 is 2.26 bits per heavy atom. The van der Waals surface area contributed by atoms with Crippen LogP contribution < -0.4 is 10.6 Å². The normalized spacial score (nSPS) is 10.9. The number of rotatable bonds is 8. The third-order valence-electron chi connectivity index (χ3n) is 2.16. The number of carbonyl (C=O) groups is 2. The number of alkyl carbamates (subject to hydrolysis) is 1. The summed E-state index contributed by atoms with van der Waals surface area (Å²) in [6, 6.07) is 0. The van der Waals surface area contributed by atoms with E-state index in [0.717, 1.165) is 0 Å². The first-order valence-electron chi connectivity index (χ1n) is 6.69. The fraction of sp³-hybridized carbons (Fsp3) is 0.846. The van der Waals surface area contributed by atoms with Crippen LogP contribution in [0.3, 0.4) is 0 Å². The molecule has 0 heterocycles. The molecule has 0 aliphatic rings. The van der Waals surface area contributed by atoms with Crippen molar-refractivity contribution in [2.45, 2.75) is 52.1 Å². The molecule has 0 saturated heterocycles. The fourth-order valence-corrected chi connectivity index (χ4v) is 1.31. The zero-order valence-electron chi connectivity index (χ0n) is 12.1. The molecule has 0 aromatic heterocycles. The van der Waals surface area contributed by atoms with Crippen molar-refractivity contribution in [2.24, 2.45) is 0 Å². The van der Waals surface area contributed by atoms with E-state index in [9.17, 15) is 9.59 Å². The van der Waals surface area contributed by atoms with E-state index in [1.54, 1.807) is 20.8 Å². The second-order valence-corrected chi connectivity index (χ2v) is 5.31. The lowest BCUT2D eigenvalue weighted by molar-refractivity contribution is -0.121. The molecule has 0 bridgehead atoms. The summed E-state index contributed by atoms with van der Waals surface area (Å²) < 4.78 is 5.07. The third kappa shape index (κ3) is 12.9. The molecule has 2 amide bonds. The zero-order chi connectivity index (χ0) is 14.7. The van der Waals surface area contributed by atoms with Crippen LogP contribution in [0, 0.1) is 0 Å². The van der Waals surface area contributed by atoms with Gasteiger partial charge >= 0.3 is 6.09 Å². The van der Waals surface area contributed by atoms with Gasteiger partial charge in [0, 0.05) is 26.1 Å². The summed E-state index contributed by atoms with van der Waals surface area (Å²) in [5.74, 6) is -0.0225. The van der Waals surface area contributed by atoms with Crippen LogP contribution in [-0.2, 0) is 9.53 Å². The van der Waals surface area contributed by atoms with E-state index in [-0.39, 0.29) is 12.5 Å². The van der Waals surface area contributed by atoms with E-state index >= 15 is 0 Å². The third-order valence-corrected chi connectivity index (χ3v) is 2.16. The molecule has 0 aliphatic carbocycles. The molecule has 112 valence electrons. The highest BCUT2D eigenvalue weighted by atomic mass is 16.6. The van der Waals surface area contributed by atoms with E-state index in [1.807, 2.05) is 0 Å². The van der Waals surface area contributed by atoms with Crippen molar-refractivity contribution in [3.05, 3.63) is 0 Å². The number of nitrogens with one attached hydrogen (secondary N) is 2. The SMILES string of the molecule is CC(C)(C)OC(=O)NCCCNC(=O)CCCCO. The van der Waals surface area contributed by atoms with Crippen LogP contribution in [0.15, 0.2) is 0 Å². The summed E-state index contributed by atoms with van der Waals surface area (Å²) in [5.41, 5.74) is -0.495. The Morgan fingerprint density at radius 2 is 1.68 bits per heavy atom. The average Bonchev–Trinajstić information content (AvgIpc) is 2.26. The first-order valence-corrected chi connectivity index (χ1v) is 6.69. The number of ether oxygens (including phenoxy) is 1. The molecule has 0 rings (SSSR count). The second-order valence-electron chi connectivity index (χ2n) is 5.31. The smallest absolute Gasteiger partial charge is 0.407 e. The van der Waals surface area contributed by atoms with Gasteiger partial charge in [0.05, 0.1) is 0 Å². The molecule has 0 atom stereocenters. The van der Waals surface area contributed by atoms with Crippen molar-refractivity contribution >= 4 is 12.0 Å². The first kappa shape index (κ1) is 17.7. The minimum absolute atomic E-state index is 0.0225. The topological polar surface area (TPSA) is 87.7 Å². The molecule has 3 N–H and O–H groups in total. The van der Waals surface area contributed by atoms with Crippen molar-refractivity contribution in [2.75, 3.05) is 19.7 Å². The van der Waals surface area contributed by atoms with Gasteiger partial charge in [-0.3, -0.25) is 4.79 Å². The van der Waals surface area contributed by atoms with Gasteiger partial charge in [0.2, 0.25) is 5.91 Å². The van der Waals surface area contributed by atoms with Crippen LogP contribution in [0.1, 0.15) is 46.5 Å². The van der Waals surface area contributed by atoms with E-state index < -0.39 is 11.7 Å². The molecule has 0 fully saturated rings. The van der Waals surface area contributed by atoms with Crippen LogP contribution in [0.5, 0.6) is 0 Å². The largest absolute Gasteiger partial charge is 0.444 e. The van der Waals surface area contributed by atoms with Crippen LogP contribution in [0.4, 0.5) is 4.79 Å². The molecule has 0 saturated carbocycles. The standard InChI is InChI=1S/C13H26N2O4/c1-13(2,3)19-12(18)15-9-6-8-14-11(17)7-4-5-10-16/h16H,4-10H2,1-3H3,(H,14,17)(H,15,18). The highest BCUT2D eigenvalue weighted by Gasteiger charge is 2.15. The van der Waals surface area contributed by atoms with Gasteiger partial charge in [0.15, 0.2) is 0 Å². The Labute approximate surface area is 114 Å². The Hall–Kier alpha value is -1.30. The number of unbranched alkanes of at least 4 members (excludes halogenated alkanes) is 1. The van der Waals surface area contributed by atoms with Gasteiger partial charge in [0.1, 0.15) is 5.60 Å². The van der Waals surface area contributed by atoms with Crippen molar-refractivity contribution in [3.63, 3.8) is 0 Å². The van der Waals surface area contributed by atoms with Crippen LogP contribution in [-0.4, -0.2) is 42.4 Å². The van der Waals surface area contributed by atoms with Crippen molar-refractivity contribution in [1.82, 2.24) is 10.6 Å². The number of aliphatic hydroxyl groups excluding tert-OH is 1. The minimum atomic E-state index is -0.495. The second kappa shape index (κ2) is 9.61. The summed E-state index contributed by atoms with van der Waals surface area (Å²) in [5, 5.41) is 13.9. The lowest BCUT2D eigenvalue weighted by Gasteiger charge is -2.19. The maximum absolute atomic E-state index is 11.3. The van der Waals surface area contributed by atoms with Gasteiger partial charge in [-0.25, -0.2) is 4.79 Å². The Morgan fingerprint density at radius 1 is 1.05 bits per heavy atom. The average molecular weight is 274 g/mol. The van der Waals surface area contributed by atoms with Crippen molar-refractivity contribution in [1.29, 1.82) is 0 Å². The molecule has 0 radical (unpaired) electrons. The van der Waals surface area contributed by atoms with E-state index in [0.29, 0.717) is 38.8 Å². The number of amides is 2. The molecule has 0 spiro atoms. The molecule has 0 unspecified atom stereocenters. The van der Waals surface area contributed by atoms with Gasteiger partial charge < -0.3 is 20.5 Å². The maximum atomic E-state index is 11.3. The fourth-order valence-electron chi connectivity index (χ4n) is 1.31. The van der Waals surface area contributed by atoms with Gasteiger partial charge in [-0.05, 0) is 40.0 Å². The van der Waals surface area contributed by atoms with E-state index in [2.05, 4.69) is 10.6 Å². The predicted molar refractivity (Wildman–Crippen MR) is 72.8 cm³/mol. The molecular weight excluding hydrogens is 248 g/mol. The summed E-state index contributed by atoms with van der Waals surface area (Å²) in [6.45, 7) is 6.52. The monoisotopic (exact) mass is 274 g/mol. The molecular formula is C13H26N2O4. The molecule has 6 nitrogen and oxygen atoms in total. The Bertz CT molecular complexity index is 274. The number of hydrogen-bond acceptors (Lipinski definition) is 4. The maximum Gasteiger partial charge on any atom is 0.407 e. The molecule has 0 aromatic carbocycles. The number of aliphatic hydroxyl groups is 1. The van der Waals surface area contributed by atoms with Gasteiger partial charge in [-0.1, -0.05) is 0 Å². The number of carbonyl (C=O) groups excluding carboxylic acids is 2. The molecule has 0 aliphatic heterocycles. The van der Waals surface area contributed by atoms with Crippen LogP contribution in [0.2, 0.25) is 0 Å². The van der Waals surface area contributed by atoms with E-state index in [4.69, 9.17) is 9.84 Å². The summed E-state index contributed by atoms with van der Waals surface area (Å²) in [6.07, 6.45) is 1.98. The number of hydrogen-bond donors (Lipinski definition) is 3. The van der Waals surface area contributed by atoms with Gasteiger partial charge in [-0.2, -0.15) is 0 Å². The summed E-state index contributed by atoms with van der Waals surface area (Å²) >= 11 is 0. The highest BCUT2D eigenvalue weighted by molar-refractivity contribution is 5.75. The van der Waals surface area contributed by atoms with Gasteiger partial charge in [0.25, 0.3) is 0 Å². The van der Waals surface area contributed by atoms with Crippen LogP contribution >= 0.6 is 0 Å². The van der Waals surface area contributed by atoms with Crippen molar-refractivity contribution < 1.29 is 19.4 Å². The quantitative estimate of drug-likeness (QED) is 0.580. The van der Waals surface area contributed by atoms with E-state index in [1.165, 1.54) is 0 Å². The first-order chi connectivity index (χ1) is 8.85. The predicted octanol–water partition coefficient (Wildman–Crippen LogP) is 1.18. The molecule has 0 aromatic rings. The Balaban J connectivity index is 3.44. The Kier molecular flexibility index (Phi) is 8.95. The van der Waals surface area contributed by atoms with Crippen LogP contribution in [0.25, 0.3) is 0 Å². The summed E-state index contributed by atoms with van der Waals surface area (Å²) in [4.78, 5) is 22.6. The molecule has 19 heavy (non-hydrogen) atoms. The summed E-state index contributed by atoms with van der Waals surface area (Å²) in [7, 11) is 0. The lowest BCUT2D eigenvalue weighted by atomic mass is 10.2. The zero-order valence-corrected chi connectivity index (χ0v) is 12.1. The van der Waals surface area contributed by atoms with Crippen molar-refractivity contribution in [3.8, 4) is 0 Å². The molecule has 6 heteroatoms. The van der Waals surface area contributed by atoms with Gasteiger partial charge in [-0.15, -0.1) is 0 Å². The lowest BCUT2D eigenvalue weighted by Crippen LogP contribution is -2.34.